The number of hydrogen-bond acceptors (Lipinski definition) is 2. The molecule has 19 heavy (non-hydrogen) atoms. The number of hydrogen-bond donors (Lipinski definition) is 1. The van der Waals surface area contributed by atoms with Gasteiger partial charge in [0.1, 0.15) is 12.6 Å². The van der Waals surface area contributed by atoms with Gasteiger partial charge in [-0.25, -0.2) is 0 Å². The summed E-state index contributed by atoms with van der Waals surface area (Å²) < 4.78 is 0. The van der Waals surface area contributed by atoms with Crippen molar-refractivity contribution in [3.63, 3.8) is 0 Å². The zero-order valence-electron chi connectivity index (χ0n) is 11.5. The molecule has 1 unspecified atom stereocenters. The molecule has 1 aliphatic rings. The summed E-state index contributed by atoms with van der Waals surface area (Å²) in [7, 11) is 0. The number of aryl methyl sites for hydroxylation is 1. The van der Waals surface area contributed by atoms with Crippen molar-refractivity contribution in [1.82, 2.24) is 5.32 Å². The minimum atomic E-state index is -0.378. The monoisotopic (exact) mass is 260 g/mol. The fourth-order valence-corrected chi connectivity index (χ4v) is 2.33. The molecule has 0 saturated carbocycles. The SMILES string of the molecule is CCCC1NC(=O)CN(c2ccc(CC)cc2)C1=O. The lowest BCUT2D eigenvalue weighted by atomic mass is 10.1. The van der Waals surface area contributed by atoms with Crippen LogP contribution in [-0.2, 0) is 16.0 Å². The van der Waals surface area contributed by atoms with Crippen LogP contribution in [0.4, 0.5) is 5.69 Å². The second-order valence-corrected chi connectivity index (χ2v) is 4.85. The fraction of sp³-hybridized carbons (Fsp3) is 0.467. The third kappa shape index (κ3) is 2.95. The predicted molar refractivity (Wildman–Crippen MR) is 75.0 cm³/mol. The Labute approximate surface area is 113 Å². The van der Waals surface area contributed by atoms with Crippen LogP contribution < -0.4 is 10.2 Å². The van der Waals surface area contributed by atoms with Crippen LogP contribution in [0.15, 0.2) is 24.3 Å². The van der Waals surface area contributed by atoms with Crippen molar-refractivity contribution < 1.29 is 9.59 Å². The van der Waals surface area contributed by atoms with E-state index >= 15 is 0 Å². The third-order valence-corrected chi connectivity index (χ3v) is 3.43. The van der Waals surface area contributed by atoms with Crippen molar-refractivity contribution in [3.8, 4) is 0 Å². The molecule has 4 heteroatoms. The second kappa shape index (κ2) is 5.87. The minimum Gasteiger partial charge on any atom is -0.343 e. The van der Waals surface area contributed by atoms with Crippen molar-refractivity contribution in [2.45, 2.75) is 39.2 Å². The lowest BCUT2D eigenvalue weighted by Crippen LogP contribution is -2.58. The van der Waals surface area contributed by atoms with Crippen molar-refractivity contribution >= 4 is 17.5 Å². The van der Waals surface area contributed by atoms with Crippen LogP contribution in [0.25, 0.3) is 0 Å². The summed E-state index contributed by atoms with van der Waals surface area (Å²) in [5.74, 6) is -0.0942. The molecule has 1 saturated heterocycles. The summed E-state index contributed by atoms with van der Waals surface area (Å²) in [5.41, 5.74) is 2.03. The largest absolute Gasteiger partial charge is 0.343 e. The van der Waals surface area contributed by atoms with Gasteiger partial charge in [0.25, 0.3) is 0 Å². The standard InChI is InChI=1S/C15H20N2O2/c1-3-5-13-15(19)17(10-14(18)16-13)12-8-6-11(4-2)7-9-12/h6-9,13H,3-5,10H2,1-2H3,(H,16,18). The van der Waals surface area contributed by atoms with E-state index in [9.17, 15) is 9.59 Å². The van der Waals surface area contributed by atoms with Gasteiger partial charge < -0.3 is 10.2 Å². The predicted octanol–water partition coefficient (Wildman–Crippen LogP) is 1.88. The first-order chi connectivity index (χ1) is 9.15. The lowest BCUT2D eigenvalue weighted by Gasteiger charge is -2.32. The molecule has 4 nitrogen and oxygen atoms in total. The zero-order valence-corrected chi connectivity index (χ0v) is 11.5. The molecule has 1 N–H and O–H groups in total. The van der Waals surface area contributed by atoms with Gasteiger partial charge in [0, 0.05) is 5.69 Å². The van der Waals surface area contributed by atoms with Crippen LogP contribution in [-0.4, -0.2) is 24.4 Å². The van der Waals surface area contributed by atoms with Gasteiger partial charge in [0.2, 0.25) is 11.8 Å². The van der Waals surface area contributed by atoms with Crippen LogP contribution in [0.3, 0.4) is 0 Å². The molecule has 0 spiro atoms. The smallest absolute Gasteiger partial charge is 0.250 e. The molecule has 2 rings (SSSR count). The fourth-order valence-electron chi connectivity index (χ4n) is 2.33. The Balaban J connectivity index is 2.21. The molecule has 1 fully saturated rings. The molecule has 0 aromatic heterocycles. The summed E-state index contributed by atoms with van der Waals surface area (Å²) >= 11 is 0. The number of nitrogens with zero attached hydrogens (tertiary/aromatic N) is 1. The molecule has 0 radical (unpaired) electrons. The summed E-state index contributed by atoms with van der Waals surface area (Å²) in [6.07, 6.45) is 2.53. The Morgan fingerprint density at radius 3 is 2.47 bits per heavy atom. The van der Waals surface area contributed by atoms with Gasteiger partial charge in [0.05, 0.1) is 0 Å². The van der Waals surface area contributed by atoms with Crippen LogP contribution in [0.5, 0.6) is 0 Å². The van der Waals surface area contributed by atoms with Crippen LogP contribution in [0.1, 0.15) is 32.3 Å². The van der Waals surface area contributed by atoms with E-state index < -0.39 is 0 Å². The van der Waals surface area contributed by atoms with Crippen LogP contribution in [0, 0.1) is 0 Å². The number of anilines is 1. The Bertz CT molecular complexity index is 468. The Morgan fingerprint density at radius 2 is 1.89 bits per heavy atom. The van der Waals surface area contributed by atoms with Gasteiger partial charge in [-0.15, -0.1) is 0 Å². The summed E-state index contributed by atoms with van der Waals surface area (Å²) in [6, 6.07) is 7.46. The molecule has 1 heterocycles. The maximum absolute atomic E-state index is 12.3. The molecule has 2 amide bonds. The summed E-state index contributed by atoms with van der Waals surface area (Å²) in [5, 5.41) is 2.76. The summed E-state index contributed by atoms with van der Waals surface area (Å²) in [4.78, 5) is 25.6. The number of nitrogens with one attached hydrogen (secondary N) is 1. The lowest BCUT2D eigenvalue weighted by molar-refractivity contribution is -0.131. The topological polar surface area (TPSA) is 49.4 Å². The van der Waals surface area contributed by atoms with Crippen molar-refractivity contribution in [1.29, 1.82) is 0 Å². The maximum Gasteiger partial charge on any atom is 0.250 e. The Kier molecular flexibility index (Phi) is 4.20. The van der Waals surface area contributed by atoms with Gasteiger partial charge in [-0.3, -0.25) is 9.59 Å². The van der Waals surface area contributed by atoms with Gasteiger partial charge in [-0.1, -0.05) is 32.4 Å². The molecular weight excluding hydrogens is 240 g/mol. The first kappa shape index (κ1) is 13.6. The van der Waals surface area contributed by atoms with E-state index in [0.29, 0.717) is 6.42 Å². The molecule has 0 bridgehead atoms. The molecule has 1 aromatic rings. The molecule has 0 aliphatic carbocycles. The molecular formula is C15H20N2O2. The second-order valence-electron chi connectivity index (χ2n) is 4.85. The molecule has 1 aromatic carbocycles. The van der Waals surface area contributed by atoms with Crippen LogP contribution in [0.2, 0.25) is 0 Å². The first-order valence-corrected chi connectivity index (χ1v) is 6.85. The number of rotatable bonds is 4. The Hall–Kier alpha value is -1.84. The molecule has 102 valence electrons. The first-order valence-electron chi connectivity index (χ1n) is 6.85. The van der Waals surface area contributed by atoms with Crippen molar-refractivity contribution in [3.05, 3.63) is 29.8 Å². The highest BCUT2D eigenvalue weighted by molar-refractivity contribution is 6.06. The van der Waals surface area contributed by atoms with Gasteiger partial charge in [0.15, 0.2) is 0 Å². The van der Waals surface area contributed by atoms with E-state index in [1.54, 1.807) is 4.90 Å². The van der Waals surface area contributed by atoms with E-state index in [1.807, 2.05) is 31.2 Å². The quantitative estimate of drug-likeness (QED) is 0.898. The zero-order chi connectivity index (χ0) is 13.8. The molecule has 1 aliphatic heterocycles. The third-order valence-electron chi connectivity index (χ3n) is 3.43. The highest BCUT2D eigenvalue weighted by Crippen LogP contribution is 2.19. The molecule has 1 atom stereocenters. The normalized spacial score (nSPS) is 19.5. The van der Waals surface area contributed by atoms with Crippen molar-refractivity contribution in [2.24, 2.45) is 0 Å². The highest BCUT2D eigenvalue weighted by atomic mass is 16.2. The average molecular weight is 260 g/mol. The van der Waals surface area contributed by atoms with Crippen molar-refractivity contribution in [2.75, 3.05) is 11.4 Å². The van der Waals surface area contributed by atoms with Gasteiger partial charge in [-0.05, 0) is 30.5 Å². The average Bonchev–Trinajstić information content (AvgIpc) is 2.43. The number of carbonyl (C=O) groups excluding carboxylic acids is 2. The number of benzene rings is 1. The van der Waals surface area contributed by atoms with E-state index in [2.05, 4.69) is 12.2 Å². The van der Waals surface area contributed by atoms with Gasteiger partial charge >= 0.3 is 0 Å². The highest BCUT2D eigenvalue weighted by Gasteiger charge is 2.32. The minimum absolute atomic E-state index is 0.00861. The summed E-state index contributed by atoms with van der Waals surface area (Å²) in [6.45, 7) is 4.21. The van der Waals surface area contributed by atoms with Gasteiger partial charge in [-0.2, -0.15) is 0 Å². The Morgan fingerprint density at radius 1 is 1.21 bits per heavy atom. The van der Waals surface area contributed by atoms with E-state index in [0.717, 1.165) is 18.5 Å². The van der Waals surface area contributed by atoms with Crippen LogP contribution >= 0.6 is 0 Å². The van der Waals surface area contributed by atoms with E-state index in [4.69, 9.17) is 0 Å². The van der Waals surface area contributed by atoms with E-state index in [-0.39, 0.29) is 24.4 Å². The number of carbonyl (C=O) groups is 2. The maximum atomic E-state index is 12.3. The van der Waals surface area contributed by atoms with E-state index in [1.165, 1.54) is 5.56 Å². The number of amides is 2. The number of piperazine rings is 1.